The molecule has 2 nitrogen and oxygen atoms in total. The summed E-state index contributed by atoms with van der Waals surface area (Å²) >= 11 is 0. The van der Waals surface area contributed by atoms with Crippen molar-refractivity contribution >= 4 is 5.78 Å². The number of Topliss-reactive ketones (excluding diaryl/α,β-unsaturated/α-hetero) is 1. The van der Waals surface area contributed by atoms with Gasteiger partial charge in [-0.1, -0.05) is 13.8 Å². The molecule has 90 valence electrons. The van der Waals surface area contributed by atoms with Crippen molar-refractivity contribution in [2.24, 2.45) is 29.6 Å². The number of hydrogen-bond acceptors (Lipinski definition) is 2. The third-order valence-corrected chi connectivity index (χ3v) is 5.36. The van der Waals surface area contributed by atoms with E-state index >= 15 is 0 Å². The van der Waals surface area contributed by atoms with Crippen LogP contribution in [-0.2, 0) is 4.79 Å². The molecule has 16 heavy (non-hydrogen) atoms. The molecule has 1 saturated heterocycles. The number of nitrogens with zero attached hydrogens (tertiary/aromatic N) is 1. The summed E-state index contributed by atoms with van der Waals surface area (Å²) < 4.78 is 0. The van der Waals surface area contributed by atoms with E-state index in [1.807, 2.05) is 0 Å². The lowest BCUT2D eigenvalue weighted by atomic mass is 9.76. The summed E-state index contributed by atoms with van der Waals surface area (Å²) in [7, 11) is 2.16. The standard InChI is InChI=1S/C14H23NO/c1-8(2)14(16)13-12-10-5-4-9(6-10)11(12)7-15(13)3/h8-13H,4-7H2,1-3H3. The summed E-state index contributed by atoms with van der Waals surface area (Å²) in [5.74, 6) is 4.05. The highest BCUT2D eigenvalue weighted by Crippen LogP contribution is 2.57. The minimum atomic E-state index is 0.199. The Morgan fingerprint density at radius 3 is 2.62 bits per heavy atom. The molecule has 0 spiro atoms. The maximum atomic E-state index is 12.3. The zero-order valence-electron chi connectivity index (χ0n) is 10.6. The predicted octanol–water partition coefficient (Wildman–Crippen LogP) is 2.19. The second-order valence-electron chi connectivity index (χ2n) is 6.52. The summed E-state index contributed by atoms with van der Waals surface area (Å²) in [6.45, 7) is 5.28. The highest BCUT2D eigenvalue weighted by Gasteiger charge is 2.57. The minimum Gasteiger partial charge on any atom is -0.298 e. The number of fused-ring (bicyclic) bond motifs is 5. The molecule has 0 N–H and O–H groups in total. The van der Waals surface area contributed by atoms with Gasteiger partial charge in [-0.15, -0.1) is 0 Å². The van der Waals surface area contributed by atoms with Crippen molar-refractivity contribution in [2.45, 2.75) is 39.2 Å². The van der Waals surface area contributed by atoms with E-state index in [0.29, 0.717) is 11.7 Å². The van der Waals surface area contributed by atoms with Gasteiger partial charge in [-0.25, -0.2) is 0 Å². The van der Waals surface area contributed by atoms with Gasteiger partial charge in [-0.3, -0.25) is 9.69 Å². The molecule has 3 fully saturated rings. The van der Waals surface area contributed by atoms with Gasteiger partial charge in [0, 0.05) is 12.5 Å². The molecular weight excluding hydrogens is 198 g/mol. The van der Waals surface area contributed by atoms with Crippen LogP contribution in [0.5, 0.6) is 0 Å². The van der Waals surface area contributed by atoms with Gasteiger partial charge in [-0.2, -0.15) is 0 Å². The number of likely N-dealkylation sites (tertiary alicyclic amines) is 1. The van der Waals surface area contributed by atoms with Crippen molar-refractivity contribution in [1.82, 2.24) is 4.90 Å². The smallest absolute Gasteiger partial charge is 0.152 e. The Hall–Kier alpha value is -0.370. The zero-order valence-corrected chi connectivity index (χ0v) is 10.6. The van der Waals surface area contributed by atoms with E-state index in [4.69, 9.17) is 0 Å². The molecule has 2 aliphatic carbocycles. The van der Waals surface area contributed by atoms with E-state index < -0.39 is 0 Å². The van der Waals surface area contributed by atoms with Crippen LogP contribution in [0.2, 0.25) is 0 Å². The molecule has 0 amide bonds. The molecular formula is C14H23NO. The first-order valence-corrected chi connectivity index (χ1v) is 6.83. The highest BCUT2D eigenvalue weighted by atomic mass is 16.1. The maximum Gasteiger partial charge on any atom is 0.152 e. The van der Waals surface area contributed by atoms with Crippen molar-refractivity contribution < 1.29 is 4.79 Å². The molecule has 2 saturated carbocycles. The van der Waals surface area contributed by atoms with Gasteiger partial charge >= 0.3 is 0 Å². The lowest BCUT2D eigenvalue weighted by Gasteiger charge is -2.29. The number of ketones is 1. The molecule has 0 aromatic carbocycles. The lowest BCUT2D eigenvalue weighted by Crippen LogP contribution is -2.41. The number of hydrogen-bond donors (Lipinski definition) is 0. The van der Waals surface area contributed by atoms with Gasteiger partial charge < -0.3 is 0 Å². The average Bonchev–Trinajstić information content (AvgIpc) is 2.86. The molecule has 0 radical (unpaired) electrons. The van der Waals surface area contributed by atoms with Crippen LogP contribution in [0.4, 0.5) is 0 Å². The molecule has 2 heteroatoms. The Kier molecular flexibility index (Phi) is 2.39. The Labute approximate surface area is 98.4 Å². The summed E-state index contributed by atoms with van der Waals surface area (Å²) in [6.07, 6.45) is 4.24. The van der Waals surface area contributed by atoms with E-state index in [-0.39, 0.29) is 12.0 Å². The Morgan fingerprint density at radius 1 is 1.25 bits per heavy atom. The monoisotopic (exact) mass is 221 g/mol. The van der Waals surface area contributed by atoms with Gasteiger partial charge in [-0.05, 0) is 50.0 Å². The van der Waals surface area contributed by atoms with Crippen molar-refractivity contribution in [3.63, 3.8) is 0 Å². The number of carbonyl (C=O) groups is 1. The van der Waals surface area contributed by atoms with Gasteiger partial charge in [0.15, 0.2) is 5.78 Å². The maximum absolute atomic E-state index is 12.3. The normalized spacial score (nSPS) is 46.6. The van der Waals surface area contributed by atoms with E-state index in [2.05, 4.69) is 25.8 Å². The second-order valence-corrected chi connectivity index (χ2v) is 6.52. The average molecular weight is 221 g/mol. The molecule has 5 atom stereocenters. The molecule has 2 bridgehead atoms. The number of likely N-dealkylation sites (N-methyl/N-ethyl adjacent to an activating group) is 1. The Bertz CT molecular complexity index is 312. The predicted molar refractivity (Wildman–Crippen MR) is 64.1 cm³/mol. The fraction of sp³-hybridized carbons (Fsp3) is 0.929. The quantitative estimate of drug-likeness (QED) is 0.712. The molecule has 0 aromatic rings. The second kappa shape index (κ2) is 3.56. The molecule has 5 unspecified atom stereocenters. The van der Waals surface area contributed by atoms with Crippen LogP contribution in [0.3, 0.4) is 0 Å². The van der Waals surface area contributed by atoms with Crippen LogP contribution in [0.1, 0.15) is 33.1 Å². The zero-order chi connectivity index (χ0) is 11.4. The van der Waals surface area contributed by atoms with Crippen molar-refractivity contribution in [1.29, 1.82) is 0 Å². The molecule has 0 aromatic heterocycles. The van der Waals surface area contributed by atoms with E-state index in [1.54, 1.807) is 0 Å². The van der Waals surface area contributed by atoms with E-state index in [1.165, 1.54) is 25.8 Å². The number of rotatable bonds is 2. The highest BCUT2D eigenvalue weighted by molar-refractivity contribution is 5.86. The van der Waals surface area contributed by atoms with Crippen molar-refractivity contribution in [3.05, 3.63) is 0 Å². The fourth-order valence-electron chi connectivity index (χ4n) is 4.71. The minimum absolute atomic E-state index is 0.199. The first-order valence-electron chi connectivity index (χ1n) is 6.83. The third-order valence-electron chi connectivity index (χ3n) is 5.36. The fourth-order valence-corrected chi connectivity index (χ4v) is 4.71. The van der Waals surface area contributed by atoms with Crippen molar-refractivity contribution in [2.75, 3.05) is 13.6 Å². The van der Waals surface area contributed by atoms with Crippen LogP contribution < -0.4 is 0 Å². The Balaban J connectivity index is 1.86. The molecule has 3 aliphatic rings. The van der Waals surface area contributed by atoms with Crippen LogP contribution in [0.25, 0.3) is 0 Å². The largest absolute Gasteiger partial charge is 0.298 e. The van der Waals surface area contributed by atoms with Crippen LogP contribution in [0, 0.1) is 29.6 Å². The van der Waals surface area contributed by atoms with Gasteiger partial charge in [0.1, 0.15) is 0 Å². The van der Waals surface area contributed by atoms with Crippen molar-refractivity contribution in [3.8, 4) is 0 Å². The van der Waals surface area contributed by atoms with Crippen LogP contribution in [-0.4, -0.2) is 30.3 Å². The summed E-state index contributed by atoms with van der Waals surface area (Å²) in [6, 6.07) is 0.250. The van der Waals surface area contributed by atoms with Gasteiger partial charge in [0.05, 0.1) is 6.04 Å². The van der Waals surface area contributed by atoms with Gasteiger partial charge in [0.25, 0.3) is 0 Å². The molecule has 1 heterocycles. The third kappa shape index (κ3) is 1.32. The molecule has 1 aliphatic heterocycles. The van der Waals surface area contributed by atoms with E-state index in [9.17, 15) is 4.79 Å². The summed E-state index contributed by atoms with van der Waals surface area (Å²) in [5, 5.41) is 0. The molecule has 3 rings (SSSR count). The SMILES string of the molecule is CC(C)C(=O)C1C2C3CCC(C3)C2CN1C. The van der Waals surface area contributed by atoms with Crippen LogP contribution >= 0.6 is 0 Å². The van der Waals surface area contributed by atoms with Gasteiger partial charge in [0.2, 0.25) is 0 Å². The topological polar surface area (TPSA) is 20.3 Å². The summed E-state index contributed by atoms with van der Waals surface area (Å²) in [4.78, 5) is 14.7. The van der Waals surface area contributed by atoms with E-state index in [0.717, 1.165) is 17.8 Å². The number of carbonyl (C=O) groups excluding carboxylic acids is 1. The Morgan fingerprint density at radius 2 is 1.94 bits per heavy atom. The lowest BCUT2D eigenvalue weighted by molar-refractivity contribution is -0.127. The first kappa shape index (κ1) is 10.8. The first-order chi connectivity index (χ1) is 7.59. The van der Waals surface area contributed by atoms with Crippen LogP contribution in [0.15, 0.2) is 0 Å². The summed E-state index contributed by atoms with van der Waals surface area (Å²) in [5.41, 5.74) is 0.